The average molecular weight is 627 g/mol. The van der Waals surface area contributed by atoms with Crippen molar-refractivity contribution in [3.8, 4) is 0 Å². The zero-order valence-electron chi connectivity index (χ0n) is 28.6. The fraction of sp³-hybridized carbons (Fsp3) is 0.686. The SMILES string of the molecule is CCCC(NC(=O)[C@@H]1[C@H]2[C@@H](CN1C(=O)[C@@H](NC(=O)OC(C)(C)C)C(C)(C)C)C2(C)C)C(=O)C(=O)NCCCCc1ccccc1. The molecular formula is C35H54N4O6. The van der Waals surface area contributed by atoms with Crippen molar-refractivity contribution in [3.05, 3.63) is 35.9 Å². The molecule has 10 heteroatoms. The van der Waals surface area contributed by atoms with Crippen molar-refractivity contribution >= 4 is 29.6 Å². The van der Waals surface area contributed by atoms with Gasteiger partial charge in [-0.05, 0) is 74.7 Å². The number of carbonyl (C=O) groups excluding carboxylic acids is 5. The minimum Gasteiger partial charge on any atom is -0.444 e. The van der Waals surface area contributed by atoms with E-state index in [4.69, 9.17) is 4.74 Å². The number of nitrogens with one attached hydrogen (secondary N) is 3. The highest BCUT2D eigenvalue weighted by atomic mass is 16.6. The molecule has 1 aliphatic carbocycles. The monoisotopic (exact) mass is 626 g/mol. The predicted octanol–water partition coefficient (Wildman–Crippen LogP) is 4.40. The first kappa shape index (κ1) is 36.0. The number of alkyl carbamates (subject to hydrolysis) is 1. The highest BCUT2D eigenvalue weighted by Gasteiger charge is 2.70. The summed E-state index contributed by atoms with van der Waals surface area (Å²) in [5.41, 5.74) is -0.347. The second-order valence-electron chi connectivity index (χ2n) is 15.2. The lowest BCUT2D eigenvalue weighted by molar-refractivity contribution is -0.145. The second-order valence-corrected chi connectivity index (χ2v) is 15.2. The van der Waals surface area contributed by atoms with Crippen LogP contribution in [0.15, 0.2) is 30.3 Å². The second kappa shape index (κ2) is 14.3. The van der Waals surface area contributed by atoms with Crippen LogP contribution in [-0.2, 0) is 30.3 Å². The number of hydrogen-bond donors (Lipinski definition) is 3. The van der Waals surface area contributed by atoms with Crippen LogP contribution in [0.1, 0.15) is 93.6 Å². The minimum atomic E-state index is -0.997. The summed E-state index contributed by atoms with van der Waals surface area (Å²) in [6.07, 6.45) is 2.66. The van der Waals surface area contributed by atoms with Crippen molar-refractivity contribution in [3.63, 3.8) is 0 Å². The number of fused-ring (bicyclic) bond motifs is 1. The molecule has 3 N–H and O–H groups in total. The van der Waals surface area contributed by atoms with E-state index in [9.17, 15) is 24.0 Å². The maximum absolute atomic E-state index is 14.0. The first-order valence-electron chi connectivity index (χ1n) is 16.3. The van der Waals surface area contributed by atoms with Gasteiger partial charge in [0.15, 0.2) is 0 Å². The van der Waals surface area contributed by atoms with Crippen LogP contribution in [0.2, 0.25) is 0 Å². The minimum absolute atomic E-state index is 0.0978. The molecule has 45 heavy (non-hydrogen) atoms. The van der Waals surface area contributed by atoms with Gasteiger partial charge in [0.25, 0.3) is 5.91 Å². The number of benzene rings is 1. The van der Waals surface area contributed by atoms with E-state index < -0.39 is 52.8 Å². The Morgan fingerprint density at radius 1 is 0.978 bits per heavy atom. The van der Waals surface area contributed by atoms with Crippen LogP contribution in [0.25, 0.3) is 0 Å². The van der Waals surface area contributed by atoms with Crippen LogP contribution in [0, 0.1) is 22.7 Å². The normalized spacial score (nSPS) is 21.6. The lowest BCUT2D eigenvalue weighted by Crippen LogP contribution is -2.60. The van der Waals surface area contributed by atoms with Gasteiger partial charge in [0, 0.05) is 13.1 Å². The molecule has 2 fully saturated rings. The van der Waals surface area contributed by atoms with Gasteiger partial charge < -0.3 is 25.6 Å². The zero-order valence-corrected chi connectivity index (χ0v) is 28.6. The Balaban J connectivity index is 1.68. The molecule has 0 spiro atoms. The molecule has 0 aromatic heterocycles. The van der Waals surface area contributed by atoms with E-state index in [1.165, 1.54) is 5.56 Å². The Kier molecular flexibility index (Phi) is 11.5. The van der Waals surface area contributed by atoms with Gasteiger partial charge in [-0.3, -0.25) is 19.2 Å². The Bertz CT molecular complexity index is 1230. The maximum atomic E-state index is 14.0. The molecule has 1 saturated heterocycles. The third-order valence-corrected chi connectivity index (χ3v) is 8.99. The number of amides is 4. The van der Waals surface area contributed by atoms with Gasteiger partial charge in [-0.1, -0.05) is 78.3 Å². The van der Waals surface area contributed by atoms with Crippen molar-refractivity contribution in [2.45, 2.75) is 118 Å². The molecule has 2 aliphatic rings. The molecule has 0 bridgehead atoms. The maximum Gasteiger partial charge on any atom is 0.408 e. The summed E-state index contributed by atoms with van der Waals surface area (Å²) >= 11 is 0. The topological polar surface area (TPSA) is 134 Å². The Morgan fingerprint density at radius 3 is 2.20 bits per heavy atom. The van der Waals surface area contributed by atoms with E-state index in [0.717, 1.165) is 19.3 Å². The summed E-state index contributed by atoms with van der Waals surface area (Å²) in [6.45, 7) is 17.5. The van der Waals surface area contributed by atoms with Crippen molar-refractivity contribution < 1.29 is 28.7 Å². The zero-order chi connectivity index (χ0) is 33.7. The van der Waals surface area contributed by atoms with Crippen molar-refractivity contribution in [2.75, 3.05) is 13.1 Å². The molecular weight excluding hydrogens is 572 g/mol. The molecule has 250 valence electrons. The summed E-state index contributed by atoms with van der Waals surface area (Å²) in [7, 11) is 0. The van der Waals surface area contributed by atoms with E-state index in [1.807, 2.05) is 45.9 Å². The summed E-state index contributed by atoms with van der Waals surface area (Å²) < 4.78 is 5.43. The van der Waals surface area contributed by atoms with Gasteiger partial charge >= 0.3 is 6.09 Å². The molecule has 1 aliphatic heterocycles. The van der Waals surface area contributed by atoms with E-state index in [0.29, 0.717) is 25.9 Å². The average Bonchev–Trinajstić information content (AvgIpc) is 3.26. The van der Waals surface area contributed by atoms with E-state index in [1.54, 1.807) is 25.7 Å². The molecule has 1 aromatic rings. The first-order chi connectivity index (χ1) is 20.9. The lowest BCUT2D eigenvalue weighted by atomic mass is 9.85. The molecule has 1 unspecified atom stereocenters. The number of aryl methyl sites for hydroxylation is 1. The Hall–Kier alpha value is -3.43. The standard InChI is InChI=1S/C35H54N4O6/c1-10-16-24(27(40)30(42)36-20-15-14-19-22-17-12-11-13-18-22)37-29(41)26-25-23(35(25,8)9)21-39(26)31(43)28(33(2,3)4)38-32(44)45-34(5,6)7/h11-13,17-18,23-26,28H,10,14-16,19-21H2,1-9H3,(H,36,42)(H,37,41)(H,38,44)/t23-,24?,25-,26+,28-/m1/s1. The highest BCUT2D eigenvalue weighted by Crippen LogP contribution is 2.65. The lowest BCUT2D eigenvalue weighted by Gasteiger charge is -2.38. The third kappa shape index (κ3) is 9.30. The molecule has 4 amide bonds. The van der Waals surface area contributed by atoms with Crippen LogP contribution in [0.5, 0.6) is 0 Å². The third-order valence-electron chi connectivity index (χ3n) is 8.99. The summed E-state index contributed by atoms with van der Waals surface area (Å²) in [6, 6.07) is 7.32. The van der Waals surface area contributed by atoms with Crippen molar-refractivity contribution in [1.82, 2.24) is 20.9 Å². The molecule has 1 heterocycles. The van der Waals surface area contributed by atoms with Crippen molar-refractivity contribution in [1.29, 1.82) is 0 Å². The number of piperidine rings is 1. The number of rotatable bonds is 13. The fourth-order valence-electron chi connectivity index (χ4n) is 6.41. The number of hydrogen-bond acceptors (Lipinski definition) is 6. The number of ether oxygens (including phenoxy) is 1. The molecule has 1 saturated carbocycles. The molecule has 0 radical (unpaired) electrons. The van der Waals surface area contributed by atoms with Gasteiger partial charge in [0.1, 0.15) is 17.7 Å². The number of Topliss-reactive ketones (excluding diaryl/α,β-unsaturated/α-hetero) is 1. The Labute approximate surface area is 268 Å². The number of carbonyl (C=O) groups is 5. The van der Waals surface area contributed by atoms with E-state index in [2.05, 4.69) is 41.9 Å². The molecule has 5 atom stereocenters. The Morgan fingerprint density at radius 2 is 1.62 bits per heavy atom. The molecule has 3 rings (SSSR count). The largest absolute Gasteiger partial charge is 0.444 e. The van der Waals surface area contributed by atoms with Gasteiger partial charge in [-0.25, -0.2) is 4.79 Å². The summed E-state index contributed by atoms with van der Waals surface area (Å²) in [5, 5.41) is 8.30. The molecule has 10 nitrogen and oxygen atoms in total. The van der Waals surface area contributed by atoms with E-state index in [-0.39, 0.29) is 23.2 Å². The quantitative estimate of drug-likeness (QED) is 0.220. The van der Waals surface area contributed by atoms with Crippen LogP contribution in [-0.4, -0.2) is 71.3 Å². The van der Waals surface area contributed by atoms with Gasteiger partial charge in [-0.15, -0.1) is 0 Å². The summed E-state index contributed by atoms with van der Waals surface area (Å²) in [5.74, 6) is -2.21. The van der Waals surface area contributed by atoms with Gasteiger partial charge in [0.2, 0.25) is 17.6 Å². The van der Waals surface area contributed by atoms with Crippen molar-refractivity contribution in [2.24, 2.45) is 22.7 Å². The fourth-order valence-corrected chi connectivity index (χ4v) is 6.41. The van der Waals surface area contributed by atoms with Gasteiger partial charge in [-0.2, -0.15) is 0 Å². The number of ketones is 1. The van der Waals surface area contributed by atoms with Crippen LogP contribution < -0.4 is 16.0 Å². The number of unbranched alkanes of at least 4 members (excludes halogenated alkanes) is 1. The summed E-state index contributed by atoms with van der Waals surface area (Å²) in [4.78, 5) is 68.2. The van der Waals surface area contributed by atoms with E-state index >= 15 is 0 Å². The first-order valence-corrected chi connectivity index (χ1v) is 16.3. The number of nitrogens with zero attached hydrogens (tertiary/aromatic N) is 1. The highest BCUT2D eigenvalue weighted by molar-refractivity contribution is 6.38. The van der Waals surface area contributed by atoms with Crippen LogP contribution >= 0.6 is 0 Å². The van der Waals surface area contributed by atoms with Crippen LogP contribution in [0.3, 0.4) is 0 Å². The number of likely N-dealkylation sites (tertiary alicyclic amines) is 1. The smallest absolute Gasteiger partial charge is 0.408 e. The van der Waals surface area contributed by atoms with Gasteiger partial charge in [0.05, 0.1) is 6.04 Å². The van der Waals surface area contributed by atoms with Crippen LogP contribution in [0.4, 0.5) is 4.79 Å². The predicted molar refractivity (Wildman–Crippen MR) is 173 cm³/mol. The molecule has 1 aromatic carbocycles.